The van der Waals surface area contributed by atoms with Crippen LogP contribution in [0.1, 0.15) is 52.9 Å². The lowest BCUT2D eigenvalue weighted by Gasteiger charge is -2.20. The van der Waals surface area contributed by atoms with E-state index in [1.54, 1.807) is 0 Å². The topological polar surface area (TPSA) is 62.8 Å². The zero-order chi connectivity index (χ0) is 28.6. The monoisotopic (exact) mass is 556 g/mol. The Morgan fingerprint density at radius 2 is 1.69 bits per heavy atom. The number of hydrogen-bond donors (Lipinski definition) is 1. The first-order valence-corrected chi connectivity index (χ1v) is 15.1. The Morgan fingerprint density at radius 3 is 2.52 bits per heavy atom. The average molecular weight is 557 g/mol. The molecule has 4 heterocycles. The molecule has 0 bridgehead atoms. The van der Waals surface area contributed by atoms with Crippen LogP contribution in [0.4, 0.5) is 0 Å². The van der Waals surface area contributed by atoms with Crippen LogP contribution in [0, 0.1) is 6.92 Å². The second-order valence-corrected chi connectivity index (χ2v) is 11.6. The molecule has 1 fully saturated rings. The number of benzene rings is 3. The van der Waals surface area contributed by atoms with Gasteiger partial charge in [0.2, 0.25) is 0 Å². The van der Waals surface area contributed by atoms with Crippen molar-refractivity contribution in [3.63, 3.8) is 0 Å². The molecule has 42 heavy (non-hydrogen) atoms. The summed E-state index contributed by atoms with van der Waals surface area (Å²) in [6, 6.07) is 24.2. The molecule has 0 saturated carbocycles. The van der Waals surface area contributed by atoms with Crippen molar-refractivity contribution in [1.82, 2.24) is 18.9 Å². The minimum atomic E-state index is -0.939. The summed E-state index contributed by atoms with van der Waals surface area (Å²) in [5.41, 5.74) is 7.24. The molecule has 0 radical (unpaired) electrons. The molecule has 212 valence electrons. The standard InChI is InChI=1S/C36H36N4O2/c1-25-11-10-14-30-33(25)27(24-39(30)22-21-38-18-7-2-3-8-19-38)23-31-35(37-32-15-6-9-20-40(31)32)29-17-16-26-12-4-5-13-28(26)34(29)36(41)42/h4-6,9-17,20,24H,2-3,7-8,18-19,21-23H2,1H3,(H,41,42). The zero-order valence-corrected chi connectivity index (χ0v) is 24.1. The third kappa shape index (κ3) is 4.76. The summed E-state index contributed by atoms with van der Waals surface area (Å²) in [6.45, 7) is 6.57. The maximum atomic E-state index is 12.7. The lowest BCUT2D eigenvalue weighted by Crippen LogP contribution is -2.28. The Hall–Kier alpha value is -4.42. The number of carboxylic acid groups (broad SMARTS) is 1. The molecule has 6 aromatic rings. The van der Waals surface area contributed by atoms with E-state index in [1.807, 2.05) is 60.8 Å². The summed E-state index contributed by atoms with van der Waals surface area (Å²) in [4.78, 5) is 20.3. The molecule has 1 N–H and O–H groups in total. The van der Waals surface area contributed by atoms with Crippen LogP contribution < -0.4 is 0 Å². The molecule has 1 saturated heterocycles. The summed E-state index contributed by atoms with van der Waals surface area (Å²) in [7, 11) is 0. The van der Waals surface area contributed by atoms with E-state index < -0.39 is 5.97 Å². The van der Waals surface area contributed by atoms with Crippen LogP contribution >= 0.6 is 0 Å². The Labute approximate surface area is 245 Å². The summed E-state index contributed by atoms with van der Waals surface area (Å²) in [5.74, 6) is -0.939. The molecular weight excluding hydrogens is 520 g/mol. The fourth-order valence-electron chi connectivity index (χ4n) is 6.87. The molecule has 0 atom stereocenters. The number of rotatable bonds is 7. The van der Waals surface area contributed by atoms with Crippen molar-refractivity contribution < 1.29 is 9.90 Å². The number of nitrogens with zero attached hydrogens (tertiary/aromatic N) is 4. The van der Waals surface area contributed by atoms with Gasteiger partial charge < -0.3 is 19.0 Å². The van der Waals surface area contributed by atoms with E-state index in [0.29, 0.717) is 17.5 Å². The van der Waals surface area contributed by atoms with E-state index in [0.717, 1.165) is 40.9 Å². The second kappa shape index (κ2) is 11.1. The predicted molar refractivity (Wildman–Crippen MR) is 169 cm³/mol. The molecule has 7 rings (SSSR count). The predicted octanol–water partition coefficient (Wildman–Crippen LogP) is 7.58. The number of aromatic nitrogens is 3. The zero-order valence-electron chi connectivity index (χ0n) is 24.1. The molecule has 6 nitrogen and oxygen atoms in total. The van der Waals surface area contributed by atoms with Crippen molar-refractivity contribution in [3.05, 3.63) is 108 Å². The van der Waals surface area contributed by atoms with Gasteiger partial charge in [0.05, 0.1) is 17.0 Å². The van der Waals surface area contributed by atoms with Gasteiger partial charge in [0, 0.05) is 48.4 Å². The summed E-state index contributed by atoms with van der Waals surface area (Å²) in [6.07, 6.45) is 10.3. The van der Waals surface area contributed by atoms with Crippen LogP contribution in [0.25, 0.3) is 38.6 Å². The van der Waals surface area contributed by atoms with Gasteiger partial charge in [-0.15, -0.1) is 0 Å². The van der Waals surface area contributed by atoms with Crippen LogP contribution in [-0.4, -0.2) is 49.6 Å². The molecule has 1 aliphatic rings. The van der Waals surface area contributed by atoms with E-state index >= 15 is 0 Å². The summed E-state index contributed by atoms with van der Waals surface area (Å²) < 4.78 is 4.54. The minimum absolute atomic E-state index is 0.300. The highest BCUT2D eigenvalue weighted by Crippen LogP contribution is 2.35. The summed E-state index contributed by atoms with van der Waals surface area (Å²) >= 11 is 0. The van der Waals surface area contributed by atoms with Gasteiger partial charge in [0.15, 0.2) is 0 Å². The SMILES string of the molecule is Cc1cccc2c1c(Cc1c(-c3ccc4ccccc4c3C(=O)O)nc3ccccn13)cn2CCN1CCCCCC1. The van der Waals surface area contributed by atoms with Crippen LogP contribution in [0.3, 0.4) is 0 Å². The van der Waals surface area contributed by atoms with Crippen molar-refractivity contribution >= 4 is 33.3 Å². The second-order valence-electron chi connectivity index (χ2n) is 11.6. The highest BCUT2D eigenvalue weighted by atomic mass is 16.4. The maximum absolute atomic E-state index is 12.7. The molecule has 0 unspecified atom stereocenters. The third-order valence-corrected chi connectivity index (χ3v) is 8.93. The van der Waals surface area contributed by atoms with Crippen LogP contribution in [0.2, 0.25) is 0 Å². The number of carboxylic acids is 1. The number of fused-ring (bicyclic) bond motifs is 3. The smallest absolute Gasteiger partial charge is 0.337 e. The maximum Gasteiger partial charge on any atom is 0.337 e. The molecule has 0 amide bonds. The van der Waals surface area contributed by atoms with Crippen LogP contribution in [0.5, 0.6) is 0 Å². The lowest BCUT2D eigenvalue weighted by molar-refractivity contribution is 0.0700. The highest BCUT2D eigenvalue weighted by Gasteiger charge is 2.23. The fraction of sp³-hybridized carbons (Fsp3) is 0.278. The van der Waals surface area contributed by atoms with Crippen molar-refractivity contribution in [2.24, 2.45) is 0 Å². The van der Waals surface area contributed by atoms with Gasteiger partial charge in [-0.05, 0) is 73.0 Å². The Balaban J connectivity index is 1.35. The number of pyridine rings is 1. The van der Waals surface area contributed by atoms with Crippen molar-refractivity contribution in [2.45, 2.75) is 45.6 Å². The van der Waals surface area contributed by atoms with Crippen LogP contribution in [0.15, 0.2) is 85.2 Å². The Bertz CT molecular complexity index is 1920. The first-order chi connectivity index (χ1) is 20.6. The van der Waals surface area contributed by atoms with Gasteiger partial charge in [-0.25, -0.2) is 9.78 Å². The Kier molecular flexibility index (Phi) is 7.00. The summed E-state index contributed by atoms with van der Waals surface area (Å²) in [5, 5.41) is 13.3. The van der Waals surface area contributed by atoms with Crippen molar-refractivity contribution in [3.8, 4) is 11.3 Å². The van der Waals surface area contributed by atoms with E-state index in [1.165, 1.54) is 60.8 Å². The number of likely N-dealkylation sites (tertiary alicyclic amines) is 1. The van der Waals surface area contributed by atoms with Crippen molar-refractivity contribution in [2.75, 3.05) is 19.6 Å². The number of imidazole rings is 1. The number of aryl methyl sites for hydroxylation is 1. The van der Waals surface area contributed by atoms with Crippen molar-refractivity contribution in [1.29, 1.82) is 0 Å². The normalized spacial score (nSPS) is 14.6. The highest BCUT2D eigenvalue weighted by molar-refractivity contribution is 6.09. The Morgan fingerprint density at radius 1 is 0.881 bits per heavy atom. The number of carbonyl (C=O) groups is 1. The number of aromatic carboxylic acids is 1. The molecule has 3 aromatic heterocycles. The molecule has 6 heteroatoms. The molecule has 0 aliphatic carbocycles. The number of hydrogen-bond acceptors (Lipinski definition) is 3. The van der Waals surface area contributed by atoms with Gasteiger partial charge in [0.1, 0.15) is 5.65 Å². The van der Waals surface area contributed by atoms with E-state index in [4.69, 9.17) is 4.98 Å². The average Bonchev–Trinajstić information content (AvgIpc) is 3.42. The van der Waals surface area contributed by atoms with Gasteiger partial charge in [-0.2, -0.15) is 0 Å². The van der Waals surface area contributed by atoms with Gasteiger partial charge in [0.25, 0.3) is 0 Å². The van der Waals surface area contributed by atoms with E-state index in [9.17, 15) is 9.90 Å². The third-order valence-electron chi connectivity index (χ3n) is 8.93. The van der Waals surface area contributed by atoms with Gasteiger partial charge in [-0.1, -0.05) is 67.4 Å². The quantitative estimate of drug-likeness (QED) is 0.220. The first-order valence-electron chi connectivity index (χ1n) is 15.1. The van der Waals surface area contributed by atoms with Gasteiger partial charge >= 0.3 is 5.97 Å². The first kappa shape index (κ1) is 26.5. The van der Waals surface area contributed by atoms with Gasteiger partial charge in [-0.3, -0.25) is 0 Å². The largest absolute Gasteiger partial charge is 0.478 e. The molecule has 0 spiro atoms. The lowest BCUT2D eigenvalue weighted by atomic mass is 9.94. The van der Waals surface area contributed by atoms with E-state index in [-0.39, 0.29) is 0 Å². The van der Waals surface area contributed by atoms with Crippen LogP contribution in [-0.2, 0) is 13.0 Å². The molecule has 3 aromatic carbocycles. The fourth-order valence-corrected chi connectivity index (χ4v) is 6.87. The molecule has 1 aliphatic heterocycles. The molecular formula is C36H36N4O2. The minimum Gasteiger partial charge on any atom is -0.478 e. The van der Waals surface area contributed by atoms with E-state index in [2.05, 4.69) is 45.2 Å².